The fourth-order valence-electron chi connectivity index (χ4n) is 1.58. The first-order valence-corrected chi connectivity index (χ1v) is 7.96. The topological polar surface area (TPSA) is 9.23 Å². The molecule has 0 saturated carbocycles. The summed E-state index contributed by atoms with van der Waals surface area (Å²) in [6, 6.07) is 18.5. The Morgan fingerprint density at radius 1 is 1.00 bits per heavy atom. The van der Waals surface area contributed by atoms with Gasteiger partial charge in [0.15, 0.2) is 17.1 Å². The molecule has 1 unspecified atom stereocenters. The smallest absolute Gasteiger partial charge is 0.217 e. The Hall–Kier alpha value is -1.24. The fraction of sp³-hybridized carbons (Fsp3) is 0.143. The standard InChI is InChI=1S/C14H14OPS/c1-15-13-9-7-12(8-10-13)11-16(17)14-5-3-2-4-6-14/h2-10H,11H2,1H3/q+1. The van der Waals surface area contributed by atoms with Crippen LogP contribution in [-0.2, 0) is 18.0 Å². The van der Waals surface area contributed by atoms with E-state index < -0.39 is 6.70 Å². The van der Waals surface area contributed by atoms with Crippen molar-refractivity contribution < 1.29 is 4.74 Å². The zero-order valence-electron chi connectivity index (χ0n) is 9.67. The minimum atomic E-state index is -0.523. The van der Waals surface area contributed by atoms with E-state index in [1.54, 1.807) is 7.11 Å². The Kier molecular flexibility index (Phi) is 4.24. The van der Waals surface area contributed by atoms with Crippen LogP contribution in [-0.4, -0.2) is 7.11 Å². The van der Waals surface area contributed by atoms with Gasteiger partial charge in [-0.25, -0.2) is 0 Å². The number of benzene rings is 2. The molecule has 1 nitrogen and oxygen atoms in total. The number of rotatable bonds is 4. The minimum absolute atomic E-state index is 0.523. The predicted molar refractivity (Wildman–Crippen MR) is 77.1 cm³/mol. The van der Waals surface area contributed by atoms with Crippen LogP contribution in [0, 0.1) is 0 Å². The molecule has 2 rings (SSSR count). The van der Waals surface area contributed by atoms with E-state index in [2.05, 4.69) is 24.3 Å². The SMILES string of the molecule is COc1ccc(C[P+](=S)c2ccccc2)cc1. The van der Waals surface area contributed by atoms with Gasteiger partial charge >= 0.3 is 0 Å². The van der Waals surface area contributed by atoms with E-state index in [0.717, 1.165) is 11.9 Å². The van der Waals surface area contributed by atoms with Gasteiger partial charge in [-0.2, -0.15) is 0 Å². The maximum absolute atomic E-state index is 5.58. The molecule has 2 aromatic carbocycles. The third kappa shape index (κ3) is 3.36. The van der Waals surface area contributed by atoms with Gasteiger partial charge in [0.1, 0.15) is 11.9 Å². The fourth-order valence-corrected chi connectivity index (χ4v) is 3.62. The molecule has 86 valence electrons. The lowest BCUT2D eigenvalue weighted by atomic mass is 10.2. The molecule has 0 saturated heterocycles. The summed E-state index contributed by atoms with van der Waals surface area (Å²) in [5, 5.41) is 1.27. The molecule has 0 N–H and O–H groups in total. The largest absolute Gasteiger partial charge is 0.497 e. The summed E-state index contributed by atoms with van der Waals surface area (Å²) in [5.41, 5.74) is 1.27. The van der Waals surface area contributed by atoms with Gasteiger partial charge in [0.25, 0.3) is 0 Å². The molecule has 0 radical (unpaired) electrons. The Balaban J connectivity index is 2.08. The molecular weight excluding hydrogens is 247 g/mol. The monoisotopic (exact) mass is 261 g/mol. The highest BCUT2D eigenvalue weighted by molar-refractivity contribution is 8.08. The van der Waals surface area contributed by atoms with E-state index in [9.17, 15) is 0 Å². The van der Waals surface area contributed by atoms with Gasteiger partial charge in [-0.1, -0.05) is 30.3 Å². The van der Waals surface area contributed by atoms with Crippen LogP contribution in [0.25, 0.3) is 0 Å². The van der Waals surface area contributed by atoms with Crippen molar-refractivity contribution in [2.24, 2.45) is 0 Å². The zero-order valence-corrected chi connectivity index (χ0v) is 11.4. The zero-order chi connectivity index (χ0) is 12.1. The van der Waals surface area contributed by atoms with Crippen molar-refractivity contribution in [1.82, 2.24) is 0 Å². The van der Waals surface area contributed by atoms with Crippen molar-refractivity contribution in [3.63, 3.8) is 0 Å². The van der Waals surface area contributed by atoms with Crippen LogP contribution in [0.15, 0.2) is 54.6 Å². The van der Waals surface area contributed by atoms with Gasteiger partial charge in [0.2, 0.25) is 6.70 Å². The van der Waals surface area contributed by atoms with Crippen molar-refractivity contribution in [1.29, 1.82) is 0 Å². The normalized spacial score (nSPS) is 11.0. The maximum Gasteiger partial charge on any atom is 0.217 e. The average Bonchev–Trinajstić information content (AvgIpc) is 2.40. The van der Waals surface area contributed by atoms with E-state index in [0.29, 0.717) is 0 Å². The van der Waals surface area contributed by atoms with Crippen molar-refractivity contribution >= 4 is 23.8 Å². The maximum atomic E-state index is 5.58. The molecule has 0 bridgehead atoms. The number of hydrogen-bond donors (Lipinski definition) is 0. The molecule has 0 aliphatic carbocycles. The van der Waals surface area contributed by atoms with Gasteiger partial charge in [-0.05, 0) is 29.8 Å². The number of hydrogen-bond acceptors (Lipinski definition) is 2. The summed E-state index contributed by atoms with van der Waals surface area (Å²) in [6.45, 7) is -0.523. The second-order valence-corrected chi connectivity index (χ2v) is 6.63. The molecule has 0 aliphatic rings. The predicted octanol–water partition coefficient (Wildman–Crippen LogP) is 3.46. The first kappa shape index (κ1) is 12.2. The number of methoxy groups -OCH3 is 1. The van der Waals surface area contributed by atoms with Crippen LogP contribution in [0.5, 0.6) is 5.75 Å². The van der Waals surface area contributed by atoms with Gasteiger partial charge < -0.3 is 4.74 Å². The first-order chi connectivity index (χ1) is 8.29. The summed E-state index contributed by atoms with van der Waals surface area (Å²) in [4.78, 5) is 0. The van der Waals surface area contributed by atoms with Crippen LogP contribution in [0.3, 0.4) is 0 Å². The third-order valence-electron chi connectivity index (χ3n) is 2.53. The quantitative estimate of drug-likeness (QED) is 0.779. The second-order valence-electron chi connectivity index (χ2n) is 3.72. The van der Waals surface area contributed by atoms with E-state index >= 15 is 0 Å². The molecule has 0 amide bonds. The van der Waals surface area contributed by atoms with E-state index in [4.69, 9.17) is 16.5 Å². The lowest BCUT2D eigenvalue weighted by Crippen LogP contribution is -1.95. The molecule has 0 spiro atoms. The number of ether oxygens (including phenoxy) is 1. The molecule has 1 atom stereocenters. The van der Waals surface area contributed by atoms with Gasteiger partial charge in [-0.3, -0.25) is 0 Å². The van der Waals surface area contributed by atoms with E-state index in [1.165, 1.54) is 10.9 Å². The van der Waals surface area contributed by atoms with Crippen LogP contribution in [0.2, 0.25) is 0 Å². The lowest BCUT2D eigenvalue weighted by Gasteiger charge is -1.99. The summed E-state index contributed by atoms with van der Waals surface area (Å²) in [6.07, 6.45) is 0.943. The highest BCUT2D eigenvalue weighted by Gasteiger charge is 2.14. The Labute approximate surface area is 108 Å². The highest BCUT2D eigenvalue weighted by Crippen LogP contribution is 2.27. The molecule has 0 fully saturated rings. The summed E-state index contributed by atoms with van der Waals surface area (Å²) in [5.74, 6) is 0.891. The first-order valence-electron chi connectivity index (χ1n) is 5.42. The molecule has 0 heterocycles. The molecule has 3 heteroatoms. The molecule has 0 aliphatic heterocycles. The van der Waals surface area contributed by atoms with Gasteiger partial charge in [0.05, 0.1) is 7.11 Å². The lowest BCUT2D eigenvalue weighted by molar-refractivity contribution is 0.414. The Bertz CT molecular complexity index is 493. The van der Waals surface area contributed by atoms with Crippen LogP contribution in [0.4, 0.5) is 0 Å². The minimum Gasteiger partial charge on any atom is -0.497 e. The molecule has 17 heavy (non-hydrogen) atoms. The van der Waals surface area contributed by atoms with Crippen molar-refractivity contribution in [3.8, 4) is 5.75 Å². The van der Waals surface area contributed by atoms with Crippen molar-refractivity contribution in [3.05, 3.63) is 60.2 Å². The second kappa shape index (κ2) is 5.90. The highest BCUT2D eigenvalue weighted by atomic mass is 32.4. The summed E-state index contributed by atoms with van der Waals surface area (Å²) >= 11 is 5.58. The van der Waals surface area contributed by atoms with Gasteiger partial charge in [-0.15, -0.1) is 0 Å². The van der Waals surface area contributed by atoms with Crippen LogP contribution < -0.4 is 10.0 Å². The Morgan fingerprint density at radius 2 is 1.65 bits per heavy atom. The van der Waals surface area contributed by atoms with E-state index in [-0.39, 0.29) is 0 Å². The van der Waals surface area contributed by atoms with Gasteiger partial charge in [0, 0.05) is 0 Å². The summed E-state index contributed by atoms with van der Waals surface area (Å²) < 4.78 is 5.14. The van der Waals surface area contributed by atoms with Crippen LogP contribution >= 0.6 is 6.70 Å². The summed E-state index contributed by atoms with van der Waals surface area (Å²) in [7, 11) is 1.68. The van der Waals surface area contributed by atoms with Crippen molar-refractivity contribution in [2.45, 2.75) is 6.16 Å². The molecule has 2 aromatic rings. The molecular formula is C14H14OPS+. The molecule has 0 aromatic heterocycles. The van der Waals surface area contributed by atoms with Crippen LogP contribution in [0.1, 0.15) is 5.56 Å². The average molecular weight is 261 g/mol. The Morgan fingerprint density at radius 3 is 2.24 bits per heavy atom. The third-order valence-corrected chi connectivity index (χ3v) is 5.08. The van der Waals surface area contributed by atoms with E-state index in [1.807, 2.05) is 30.3 Å². The van der Waals surface area contributed by atoms with Crippen molar-refractivity contribution in [2.75, 3.05) is 7.11 Å².